The molecule has 10 aromatic rings. The third kappa shape index (κ3) is 7.21. The van der Waals surface area contributed by atoms with Gasteiger partial charge in [0.1, 0.15) is 0 Å². The van der Waals surface area contributed by atoms with Crippen LogP contribution in [-0.4, -0.2) is 39.1 Å². The van der Waals surface area contributed by atoms with E-state index in [0.717, 1.165) is 82.2 Å². The number of allylic oxidation sites excluding steroid dienone is 4. The first-order valence-corrected chi connectivity index (χ1v) is 30.5. The molecule has 86 heavy (non-hydrogen) atoms. The van der Waals surface area contributed by atoms with E-state index in [1.165, 1.54) is 40.6 Å². The molecule has 2 aliphatic carbocycles. The molecule has 424 valence electrons. The third-order valence-electron chi connectivity index (χ3n) is 18.7. The van der Waals surface area contributed by atoms with E-state index in [0.29, 0.717) is 43.1 Å². The van der Waals surface area contributed by atoms with Crippen molar-refractivity contribution in [1.82, 2.24) is 0 Å². The van der Waals surface area contributed by atoms with E-state index < -0.39 is 50.2 Å². The summed E-state index contributed by atoms with van der Waals surface area (Å²) in [5.74, 6) is -16.9. The van der Waals surface area contributed by atoms with E-state index in [1.807, 2.05) is 179 Å². The van der Waals surface area contributed by atoms with Crippen LogP contribution in [0, 0.1) is 0 Å². The fourth-order valence-electron chi connectivity index (χ4n) is 14.4. The fourth-order valence-corrected chi connectivity index (χ4v) is 17.6. The first-order chi connectivity index (χ1) is 41.2. The molecule has 1 saturated carbocycles. The highest BCUT2D eigenvalue weighted by Gasteiger charge is 2.84. The summed E-state index contributed by atoms with van der Waals surface area (Å²) in [6.07, 6.45) is 2.89. The molecule has 2 atom stereocenters. The maximum absolute atomic E-state index is 16.8. The number of carbonyl (C=O) groups is 2. The lowest BCUT2D eigenvalue weighted by Gasteiger charge is -2.47. The van der Waals surface area contributed by atoms with Crippen LogP contribution in [0.5, 0.6) is 0 Å². The van der Waals surface area contributed by atoms with E-state index in [4.69, 9.17) is 0 Å². The van der Waals surface area contributed by atoms with Crippen molar-refractivity contribution in [3.05, 3.63) is 278 Å². The molecule has 11 heteroatoms. The van der Waals surface area contributed by atoms with Crippen molar-refractivity contribution in [2.75, 3.05) is 4.90 Å². The number of thioether (sulfide) groups is 2. The Morgan fingerprint density at radius 3 is 1.28 bits per heavy atom. The van der Waals surface area contributed by atoms with Crippen molar-refractivity contribution in [1.29, 1.82) is 0 Å². The number of halogens is 6. The van der Waals surface area contributed by atoms with Crippen molar-refractivity contribution in [3.8, 4) is 0 Å². The van der Waals surface area contributed by atoms with Gasteiger partial charge in [0.25, 0.3) is 11.8 Å². The summed E-state index contributed by atoms with van der Waals surface area (Å²) in [7, 11) is 0. The number of nitrogens with zero attached hydrogens (tertiary/aromatic N) is 1. The zero-order valence-electron chi connectivity index (χ0n) is 47.6. The van der Waals surface area contributed by atoms with Gasteiger partial charge in [0.05, 0.1) is 15.2 Å². The summed E-state index contributed by atoms with van der Waals surface area (Å²) in [6.45, 7) is 11.6. The number of rotatable bonds is 9. The van der Waals surface area contributed by atoms with Crippen LogP contribution in [-0.2, 0) is 0 Å². The fraction of sp³-hybridized carbons (Fsp3) is 0.173. The molecule has 0 saturated heterocycles. The minimum atomic E-state index is -5.73. The average molecular weight is 1180 g/mol. The van der Waals surface area contributed by atoms with E-state index in [-0.39, 0.29) is 23.0 Å². The number of hydrogen-bond acceptors (Lipinski definition) is 4. The van der Waals surface area contributed by atoms with Gasteiger partial charge in [-0.05, 0) is 154 Å². The Labute approximate surface area is 501 Å². The topological polar surface area (TPSA) is 37.4 Å². The summed E-state index contributed by atoms with van der Waals surface area (Å²) in [6, 6.07) is 60.8. The highest BCUT2D eigenvalue weighted by atomic mass is 32.2. The second-order valence-electron chi connectivity index (χ2n) is 24.0. The quantitative estimate of drug-likeness (QED) is 0.0475. The number of imide groups is 1. The second-order valence-corrected chi connectivity index (χ2v) is 26.9. The lowest BCUT2D eigenvalue weighted by atomic mass is 9.71. The Morgan fingerprint density at radius 1 is 0.407 bits per heavy atom. The molecule has 0 spiro atoms. The van der Waals surface area contributed by atoms with Gasteiger partial charge in [-0.3, -0.25) is 9.59 Å². The first kappa shape index (κ1) is 54.3. The standard InChI is InChI=1S/C75H53F6NO2S2/c1-40(2)47-24-16-25-48(41(3)4)68(47)82-69(83)55-36-34-53-51-27-17-26-50-49(32-33-52(63(50)51)54-35-37-56(70(82)84)65(55)64(53)54)60-39-58-67-66(73(76,77)75(80,81)74(67,78)79)57-38-59(85-71(57,5)72(58,6)86-60)42-28-30-46(31-29-42)62(45-22-14-9-15-23-45)61(43-18-10-7-11-19-43)44-20-12-8-13-21-44/h7-41H,1-6H3. The van der Waals surface area contributed by atoms with Crippen LogP contribution in [0.15, 0.2) is 223 Å². The first-order valence-electron chi connectivity index (χ1n) is 28.8. The molecule has 2 amide bonds. The molecule has 1 fully saturated rings. The molecule has 0 N–H and O–H groups in total. The summed E-state index contributed by atoms with van der Waals surface area (Å²) < 4.78 is 96.6. The van der Waals surface area contributed by atoms with Gasteiger partial charge >= 0.3 is 17.8 Å². The molecule has 3 nitrogen and oxygen atoms in total. The average Bonchev–Trinajstić information content (AvgIpc) is 1.45. The second kappa shape index (κ2) is 18.8. The van der Waals surface area contributed by atoms with Gasteiger partial charge in [0, 0.05) is 37.5 Å². The largest absolute Gasteiger partial charge is 0.380 e. The monoisotopic (exact) mass is 1180 g/mol. The number of anilines is 1. The van der Waals surface area contributed by atoms with Crippen molar-refractivity contribution in [3.63, 3.8) is 0 Å². The van der Waals surface area contributed by atoms with E-state index in [2.05, 4.69) is 24.3 Å². The van der Waals surface area contributed by atoms with E-state index >= 15 is 26.3 Å². The normalized spacial score (nSPS) is 20.9. The molecular formula is C75H53F6NO2S2. The van der Waals surface area contributed by atoms with E-state index in [1.54, 1.807) is 26.0 Å². The van der Waals surface area contributed by atoms with Gasteiger partial charge < -0.3 is 0 Å². The highest BCUT2D eigenvalue weighted by Crippen LogP contribution is 2.75. The minimum absolute atomic E-state index is 0.0260. The van der Waals surface area contributed by atoms with E-state index in [9.17, 15) is 9.59 Å². The predicted molar refractivity (Wildman–Crippen MR) is 341 cm³/mol. The summed E-state index contributed by atoms with van der Waals surface area (Å²) >= 11 is 2.47. The zero-order valence-corrected chi connectivity index (χ0v) is 49.2. The van der Waals surface area contributed by atoms with Crippen LogP contribution in [0.2, 0.25) is 0 Å². The maximum atomic E-state index is 16.8. The SMILES string of the molecule is CC(C)c1cccc(C(C)C)c1N1C(=O)c2ccc3c4cccc5c(C6=CC7=C8C(=C9C=C(c%10ccc(C(=C(c%11ccccc%11)c%11ccccc%11)c%11ccccc%11)cc%10)SC9(C)C7(C)S6)C(F)(F)C(F)(F)C8(F)F)ccc(c6ccc(c2c36)C1=O)c54. The summed E-state index contributed by atoms with van der Waals surface area (Å²) in [5.41, 5.74) is 7.07. The van der Waals surface area contributed by atoms with Crippen LogP contribution in [0.4, 0.5) is 32.0 Å². The highest BCUT2D eigenvalue weighted by molar-refractivity contribution is 8.14. The lowest BCUT2D eigenvalue weighted by Crippen LogP contribution is -2.48. The lowest BCUT2D eigenvalue weighted by molar-refractivity contribution is -0.258. The Bertz CT molecular complexity index is 4650. The van der Waals surface area contributed by atoms with Crippen molar-refractivity contribution < 1.29 is 35.9 Å². The Hall–Kier alpha value is -8.38. The third-order valence-corrected chi connectivity index (χ3v) is 22.0. The number of carbonyl (C=O) groups excluding carboxylic acids is 2. The zero-order chi connectivity index (χ0) is 59.7. The number of fused-ring (bicyclic) bond motifs is 6. The van der Waals surface area contributed by atoms with Crippen molar-refractivity contribution >= 4 is 105 Å². The molecule has 3 aliphatic heterocycles. The van der Waals surface area contributed by atoms with Crippen LogP contribution in [0.1, 0.15) is 119 Å². The predicted octanol–water partition coefficient (Wildman–Crippen LogP) is 20.7. The number of benzene rings is 10. The van der Waals surface area contributed by atoms with Crippen LogP contribution >= 0.6 is 23.5 Å². The summed E-state index contributed by atoms with van der Waals surface area (Å²) in [4.78, 5) is 32.2. The minimum Gasteiger partial charge on any atom is -0.268 e. The van der Waals surface area contributed by atoms with Gasteiger partial charge in [0.2, 0.25) is 0 Å². The number of alkyl halides is 6. The van der Waals surface area contributed by atoms with Crippen LogP contribution in [0.25, 0.3) is 64.0 Å². The molecule has 0 aromatic heterocycles. The molecule has 0 radical (unpaired) electrons. The Balaban J connectivity index is 0.852. The summed E-state index contributed by atoms with van der Waals surface area (Å²) in [5, 5.41) is 6.09. The van der Waals surface area contributed by atoms with Gasteiger partial charge in [-0.2, -0.15) is 26.3 Å². The molecule has 10 aromatic carbocycles. The van der Waals surface area contributed by atoms with Gasteiger partial charge in [-0.25, -0.2) is 4.90 Å². The smallest absolute Gasteiger partial charge is 0.268 e. The van der Waals surface area contributed by atoms with Crippen molar-refractivity contribution in [2.45, 2.75) is 80.6 Å². The number of para-hydroxylation sites is 1. The molecule has 5 aliphatic rings. The molecule has 2 unspecified atom stereocenters. The molecule has 15 rings (SSSR count). The Kier molecular flexibility index (Phi) is 11.9. The van der Waals surface area contributed by atoms with Gasteiger partial charge in [-0.15, -0.1) is 23.5 Å². The molecular weight excluding hydrogens is 1120 g/mol. The Morgan fingerprint density at radius 2 is 0.802 bits per heavy atom. The van der Waals surface area contributed by atoms with Gasteiger partial charge in [0.15, 0.2) is 0 Å². The maximum Gasteiger partial charge on any atom is 0.380 e. The van der Waals surface area contributed by atoms with Crippen molar-refractivity contribution in [2.24, 2.45) is 0 Å². The van der Waals surface area contributed by atoms with Gasteiger partial charge in [-0.1, -0.05) is 204 Å². The van der Waals surface area contributed by atoms with Crippen LogP contribution < -0.4 is 4.90 Å². The molecule has 0 bridgehead atoms. The number of amides is 2. The van der Waals surface area contributed by atoms with Crippen LogP contribution in [0.3, 0.4) is 0 Å². The molecule has 3 heterocycles. The number of hydrogen-bond donors (Lipinski definition) is 0.